The summed E-state index contributed by atoms with van der Waals surface area (Å²) in [6.45, 7) is 0. The van der Waals surface area contributed by atoms with Gasteiger partial charge in [0, 0.05) is 24.2 Å². The molecule has 2 rings (SSSR count). The largest absolute Gasteiger partial charge is 0.327 e. The average Bonchev–Trinajstić information content (AvgIpc) is 2.38. The molecule has 16 heavy (non-hydrogen) atoms. The molecule has 1 fully saturated rings. The number of thioether (sulfide) groups is 1. The van der Waals surface area contributed by atoms with Crippen molar-refractivity contribution in [1.29, 1.82) is 0 Å². The van der Waals surface area contributed by atoms with E-state index in [0.717, 1.165) is 16.7 Å². The molecule has 1 unspecified atom stereocenters. The van der Waals surface area contributed by atoms with Crippen LogP contribution in [0.25, 0.3) is 0 Å². The summed E-state index contributed by atoms with van der Waals surface area (Å²) < 4.78 is 0. The normalized spacial score (nSPS) is 19.6. The van der Waals surface area contributed by atoms with Gasteiger partial charge in [-0.1, -0.05) is 19.3 Å². The van der Waals surface area contributed by atoms with Gasteiger partial charge in [-0.2, -0.15) is 0 Å². The molecule has 1 saturated carbocycles. The van der Waals surface area contributed by atoms with E-state index in [9.17, 15) is 0 Å². The predicted octanol–water partition coefficient (Wildman–Crippen LogP) is 2.48. The quantitative estimate of drug-likeness (QED) is 0.817. The molecular weight excluding hydrogens is 218 g/mol. The molecular formula is C12H19N3S. The van der Waals surface area contributed by atoms with Gasteiger partial charge in [-0.05, 0) is 18.8 Å². The second-order valence-corrected chi connectivity index (χ2v) is 5.46. The Bertz CT molecular complexity index is 298. The summed E-state index contributed by atoms with van der Waals surface area (Å²) in [5.74, 6) is 1.68. The molecule has 1 aliphatic carbocycles. The SMILES string of the molecule is NC(CSc1cnccn1)C1CCCCC1. The smallest absolute Gasteiger partial charge is 0.114 e. The van der Waals surface area contributed by atoms with Crippen LogP contribution in [0.15, 0.2) is 23.6 Å². The van der Waals surface area contributed by atoms with Gasteiger partial charge in [0.2, 0.25) is 0 Å². The Morgan fingerprint density at radius 3 is 2.81 bits per heavy atom. The molecule has 4 heteroatoms. The van der Waals surface area contributed by atoms with E-state index in [0.29, 0.717) is 6.04 Å². The Labute approximate surface area is 101 Å². The van der Waals surface area contributed by atoms with Gasteiger partial charge in [0.05, 0.1) is 6.20 Å². The van der Waals surface area contributed by atoms with Gasteiger partial charge in [0.25, 0.3) is 0 Å². The monoisotopic (exact) mass is 237 g/mol. The second-order valence-electron chi connectivity index (χ2n) is 4.42. The number of hydrogen-bond acceptors (Lipinski definition) is 4. The van der Waals surface area contributed by atoms with Crippen LogP contribution in [0.3, 0.4) is 0 Å². The fourth-order valence-corrected chi connectivity index (χ4v) is 3.15. The molecule has 0 amide bonds. The van der Waals surface area contributed by atoms with Crippen LogP contribution in [0.5, 0.6) is 0 Å². The lowest BCUT2D eigenvalue weighted by Crippen LogP contribution is -2.33. The van der Waals surface area contributed by atoms with Crippen LogP contribution in [0.1, 0.15) is 32.1 Å². The van der Waals surface area contributed by atoms with E-state index < -0.39 is 0 Å². The minimum Gasteiger partial charge on any atom is -0.327 e. The number of aromatic nitrogens is 2. The first-order valence-electron chi connectivity index (χ1n) is 6.00. The van der Waals surface area contributed by atoms with E-state index in [2.05, 4.69) is 9.97 Å². The van der Waals surface area contributed by atoms with E-state index >= 15 is 0 Å². The molecule has 0 bridgehead atoms. The molecule has 0 spiro atoms. The molecule has 0 radical (unpaired) electrons. The van der Waals surface area contributed by atoms with E-state index in [1.807, 2.05) is 0 Å². The lowest BCUT2D eigenvalue weighted by atomic mass is 9.85. The summed E-state index contributed by atoms with van der Waals surface area (Å²) in [6, 6.07) is 0.312. The standard InChI is InChI=1S/C12H19N3S/c13-11(10-4-2-1-3-5-10)9-16-12-8-14-6-7-15-12/h6-8,10-11H,1-5,9,13H2. The van der Waals surface area contributed by atoms with Crippen LogP contribution in [0, 0.1) is 5.92 Å². The minimum absolute atomic E-state index is 0.312. The maximum absolute atomic E-state index is 6.23. The van der Waals surface area contributed by atoms with E-state index in [4.69, 9.17) is 5.73 Å². The summed E-state index contributed by atoms with van der Waals surface area (Å²) >= 11 is 1.72. The molecule has 0 aromatic carbocycles. The van der Waals surface area contributed by atoms with E-state index in [1.165, 1.54) is 32.1 Å². The first kappa shape index (κ1) is 11.9. The maximum Gasteiger partial charge on any atom is 0.114 e. The average molecular weight is 237 g/mol. The van der Waals surface area contributed by atoms with Crippen LogP contribution in [-0.4, -0.2) is 21.8 Å². The third kappa shape index (κ3) is 3.46. The molecule has 1 aromatic heterocycles. The second kappa shape index (κ2) is 6.21. The maximum atomic E-state index is 6.23. The fourth-order valence-electron chi connectivity index (χ4n) is 2.24. The molecule has 0 aliphatic heterocycles. The van der Waals surface area contributed by atoms with E-state index in [1.54, 1.807) is 30.4 Å². The predicted molar refractivity (Wildman–Crippen MR) is 67.3 cm³/mol. The molecule has 2 N–H and O–H groups in total. The van der Waals surface area contributed by atoms with Gasteiger partial charge in [-0.15, -0.1) is 11.8 Å². The number of hydrogen-bond donors (Lipinski definition) is 1. The van der Waals surface area contributed by atoms with Crippen LogP contribution < -0.4 is 5.73 Å². The Kier molecular flexibility index (Phi) is 4.60. The Balaban J connectivity index is 1.76. The minimum atomic E-state index is 0.312. The summed E-state index contributed by atoms with van der Waals surface area (Å²) in [7, 11) is 0. The summed E-state index contributed by atoms with van der Waals surface area (Å²) in [4.78, 5) is 8.29. The van der Waals surface area contributed by atoms with E-state index in [-0.39, 0.29) is 0 Å². The van der Waals surface area contributed by atoms with Crippen molar-refractivity contribution in [3.63, 3.8) is 0 Å². The third-order valence-corrected chi connectivity index (χ3v) is 4.28. The van der Waals surface area contributed by atoms with Gasteiger partial charge in [0.15, 0.2) is 0 Å². The summed E-state index contributed by atoms with van der Waals surface area (Å²) in [5, 5.41) is 0.980. The zero-order chi connectivity index (χ0) is 11.2. The Hall–Kier alpha value is -0.610. The van der Waals surface area contributed by atoms with Crippen molar-refractivity contribution in [3.05, 3.63) is 18.6 Å². The molecule has 1 aromatic rings. The first-order valence-corrected chi connectivity index (χ1v) is 6.99. The Morgan fingerprint density at radius 1 is 1.31 bits per heavy atom. The molecule has 88 valence electrons. The molecule has 0 saturated heterocycles. The molecule has 3 nitrogen and oxygen atoms in total. The van der Waals surface area contributed by atoms with Crippen molar-refractivity contribution in [3.8, 4) is 0 Å². The highest BCUT2D eigenvalue weighted by Crippen LogP contribution is 2.28. The summed E-state index contributed by atoms with van der Waals surface area (Å²) in [5.41, 5.74) is 6.23. The van der Waals surface area contributed by atoms with Crippen molar-refractivity contribution in [1.82, 2.24) is 9.97 Å². The molecule has 1 atom stereocenters. The zero-order valence-electron chi connectivity index (χ0n) is 9.51. The number of nitrogens with two attached hydrogens (primary N) is 1. The van der Waals surface area contributed by atoms with Gasteiger partial charge in [0.1, 0.15) is 5.03 Å². The summed E-state index contributed by atoms with van der Waals surface area (Å²) in [6.07, 6.45) is 11.9. The van der Waals surface area contributed by atoms with Crippen molar-refractivity contribution in [2.45, 2.75) is 43.2 Å². The molecule has 1 heterocycles. The van der Waals surface area contributed by atoms with Crippen molar-refractivity contribution < 1.29 is 0 Å². The lowest BCUT2D eigenvalue weighted by molar-refractivity contribution is 0.319. The highest BCUT2D eigenvalue weighted by atomic mass is 32.2. The van der Waals surface area contributed by atoms with Gasteiger partial charge < -0.3 is 5.73 Å². The van der Waals surface area contributed by atoms with Crippen molar-refractivity contribution >= 4 is 11.8 Å². The van der Waals surface area contributed by atoms with Gasteiger partial charge in [-0.25, -0.2) is 4.98 Å². The Morgan fingerprint density at radius 2 is 2.12 bits per heavy atom. The van der Waals surface area contributed by atoms with Crippen molar-refractivity contribution in [2.24, 2.45) is 11.7 Å². The van der Waals surface area contributed by atoms with Crippen LogP contribution in [-0.2, 0) is 0 Å². The van der Waals surface area contributed by atoms with Crippen molar-refractivity contribution in [2.75, 3.05) is 5.75 Å². The van der Waals surface area contributed by atoms with Gasteiger partial charge in [-0.3, -0.25) is 4.98 Å². The van der Waals surface area contributed by atoms with Crippen LogP contribution in [0.4, 0.5) is 0 Å². The zero-order valence-corrected chi connectivity index (χ0v) is 10.3. The van der Waals surface area contributed by atoms with Crippen LogP contribution >= 0.6 is 11.8 Å². The fraction of sp³-hybridized carbons (Fsp3) is 0.667. The first-order chi connectivity index (χ1) is 7.86. The number of nitrogens with zero attached hydrogens (tertiary/aromatic N) is 2. The number of rotatable bonds is 4. The molecule has 1 aliphatic rings. The third-order valence-electron chi connectivity index (χ3n) is 3.22. The highest BCUT2D eigenvalue weighted by Gasteiger charge is 2.20. The topological polar surface area (TPSA) is 51.8 Å². The lowest BCUT2D eigenvalue weighted by Gasteiger charge is -2.27. The highest BCUT2D eigenvalue weighted by molar-refractivity contribution is 7.99. The van der Waals surface area contributed by atoms with Gasteiger partial charge >= 0.3 is 0 Å². The van der Waals surface area contributed by atoms with Crippen LogP contribution in [0.2, 0.25) is 0 Å².